The Morgan fingerprint density at radius 2 is 2.07 bits per heavy atom. The molecule has 0 aliphatic carbocycles. The number of hydrogen-bond acceptors (Lipinski definition) is 14. The Morgan fingerprint density at radius 1 is 1.26 bits per heavy atom. The number of aromatic nitrogens is 5. The quantitative estimate of drug-likeness (QED) is 0.377. The van der Waals surface area contributed by atoms with E-state index in [1.54, 1.807) is 12.4 Å². The fourth-order valence-electron chi connectivity index (χ4n) is 7.16. The van der Waals surface area contributed by atoms with E-state index < -0.39 is 6.17 Å². The van der Waals surface area contributed by atoms with Crippen LogP contribution in [0.5, 0.6) is 6.01 Å². The van der Waals surface area contributed by atoms with Gasteiger partial charge in [0.2, 0.25) is 11.9 Å². The highest BCUT2D eigenvalue weighted by atomic mass is 32.2. The molecule has 1 spiro atoms. The average Bonchev–Trinajstić information content (AvgIpc) is 3.69. The van der Waals surface area contributed by atoms with Crippen LogP contribution in [-0.2, 0) is 10.5 Å². The lowest BCUT2D eigenvalue weighted by atomic mass is 9.88. The van der Waals surface area contributed by atoms with E-state index in [4.69, 9.17) is 31.2 Å². The molecule has 0 bridgehead atoms. The van der Waals surface area contributed by atoms with Crippen molar-refractivity contribution >= 4 is 45.8 Å². The van der Waals surface area contributed by atoms with Crippen molar-refractivity contribution < 1.29 is 9.13 Å². The van der Waals surface area contributed by atoms with Crippen molar-refractivity contribution in [3.63, 3.8) is 0 Å². The van der Waals surface area contributed by atoms with Crippen LogP contribution in [-0.4, -0.2) is 80.9 Å². The molecule has 7 heterocycles. The first kappa shape index (κ1) is 28.3. The van der Waals surface area contributed by atoms with E-state index in [9.17, 15) is 9.65 Å². The van der Waals surface area contributed by atoms with Crippen LogP contribution >= 0.6 is 23.1 Å². The smallest absolute Gasteiger partial charge is 0.323 e. The molecule has 15 heteroatoms. The van der Waals surface area contributed by atoms with E-state index in [2.05, 4.69) is 25.8 Å². The zero-order valence-electron chi connectivity index (χ0n) is 24.2. The average molecular weight is 624 g/mol. The zero-order chi connectivity index (χ0) is 29.9. The van der Waals surface area contributed by atoms with Crippen LogP contribution in [0.1, 0.15) is 60.8 Å². The number of nitriles is 1. The molecule has 7 rings (SSSR count). The van der Waals surface area contributed by atoms with Crippen LogP contribution in [0, 0.1) is 11.3 Å². The highest BCUT2D eigenvalue weighted by Gasteiger charge is 2.53. The van der Waals surface area contributed by atoms with Gasteiger partial charge in [-0.3, -0.25) is 9.88 Å². The molecule has 43 heavy (non-hydrogen) atoms. The molecule has 4 aliphatic rings. The summed E-state index contributed by atoms with van der Waals surface area (Å²) in [6.45, 7) is 7.50. The van der Waals surface area contributed by atoms with Crippen molar-refractivity contribution in [3.8, 4) is 12.1 Å². The Labute approximate surface area is 257 Å². The Hall–Kier alpha value is -3.48. The van der Waals surface area contributed by atoms with Gasteiger partial charge in [-0.2, -0.15) is 20.2 Å². The van der Waals surface area contributed by atoms with Gasteiger partial charge in [0.15, 0.2) is 0 Å². The summed E-state index contributed by atoms with van der Waals surface area (Å²) in [6, 6.07) is 2.26. The monoisotopic (exact) mass is 623 g/mol. The van der Waals surface area contributed by atoms with Gasteiger partial charge in [-0.25, -0.2) is 9.37 Å². The Bertz CT molecular complexity index is 1590. The molecule has 3 aromatic rings. The fraction of sp³-hybridized carbons (Fsp3) is 0.571. The van der Waals surface area contributed by atoms with Crippen molar-refractivity contribution in [3.05, 3.63) is 34.1 Å². The van der Waals surface area contributed by atoms with Crippen molar-refractivity contribution in [2.45, 2.75) is 61.4 Å². The molecule has 0 saturated carbocycles. The summed E-state index contributed by atoms with van der Waals surface area (Å²) in [6.07, 6.45) is 4.71. The predicted octanol–water partition coefficient (Wildman–Crippen LogP) is 3.26. The predicted molar refractivity (Wildman–Crippen MR) is 165 cm³/mol. The molecule has 226 valence electrons. The maximum absolute atomic E-state index is 14.4. The molecule has 0 amide bonds. The lowest BCUT2D eigenvalue weighted by Gasteiger charge is -2.47. The second-order valence-electron chi connectivity index (χ2n) is 11.8. The standard InChI is InChI=1S/C28H34FN11OS2/c1-3-40(16(2)21-22(31)34-7-6-33-21)25-35-24(36-26(37-25)41-15-27-5-4-8-39(27)11-17(29)9-27)38-13-28(14-38)20-18(10-30)23(32)43-19(20)12-42-28/h6-7,16-17H,3-5,8-9,11-15,32H2,1-2H3,(H2,31,34)/t16?,17-,27+/m1/s1. The van der Waals surface area contributed by atoms with Gasteiger partial charge in [0.1, 0.15) is 35.4 Å². The van der Waals surface area contributed by atoms with Crippen molar-refractivity contribution in [1.82, 2.24) is 29.8 Å². The minimum atomic E-state index is -0.849. The van der Waals surface area contributed by atoms with Gasteiger partial charge in [-0.1, -0.05) is 0 Å². The summed E-state index contributed by atoms with van der Waals surface area (Å²) < 4.78 is 20.5. The summed E-state index contributed by atoms with van der Waals surface area (Å²) >= 11 is 3.35. The van der Waals surface area contributed by atoms with Crippen LogP contribution in [0.25, 0.3) is 0 Å². The van der Waals surface area contributed by atoms with Gasteiger partial charge in [0, 0.05) is 61.2 Å². The van der Waals surface area contributed by atoms with Gasteiger partial charge in [0.05, 0.1) is 21.9 Å². The first-order chi connectivity index (χ1) is 20.8. The van der Waals surface area contributed by atoms with Gasteiger partial charge in [-0.15, -0.1) is 23.1 Å². The highest BCUT2D eigenvalue weighted by molar-refractivity contribution is 8.00. The summed E-state index contributed by atoms with van der Waals surface area (Å²) in [5, 5.41) is 10.4. The van der Waals surface area contributed by atoms with Gasteiger partial charge < -0.3 is 26.0 Å². The summed E-state index contributed by atoms with van der Waals surface area (Å²) in [4.78, 5) is 30.6. The molecule has 3 aromatic heterocycles. The molecule has 0 aromatic carbocycles. The minimum absolute atomic E-state index is 0.208. The molecule has 0 radical (unpaired) electrons. The van der Waals surface area contributed by atoms with Crippen LogP contribution < -0.4 is 26.0 Å². The van der Waals surface area contributed by atoms with E-state index >= 15 is 0 Å². The van der Waals surface area contributed by atoms with Gasteiger partial charge in [0.25, 0.3) is 0 Å². The lowest BCUT2D eigenvalue weighted by molar-refractivity contribution is 0.107. The Balaban J connectivity index is 1.20. The number of fused-ring (bicyclic) bond motifs is 3. The van der Waals surface area contributed by atoms with Crippen LogP contribution in [0.4, 0.5) is 27.1 Å². The molecule has 4 aliphatic heterocycles. The summed E-state index contributed by atoms with van der Waals surface area (Å²) in [7, 11) is 0. The highest BCUT2D eigenvalue weighted by Crippen LogP contribution is 2.57. The van der Waals surface area contributed by atoms with E-state index in [0.717, 1.165) is 30.7 Å². The number of thioether (sulfide) groups is 1. The molecular weight excluding hydrogens is 590 g/mol. The molecular formula is C28H34FN11OS2. The molecule has 1 unspecified atom stereocenters. The van der Waals surface area contributed by atoms with Crippen LogP contribution in [0.2, 0.25) is 0 Å². The first-order valence-electron chi connectivity index (χ1n) is 14.6. The third-order valence-corrected chi connectivity index (χ3v) is 11.9. The largest absolute Gasteiger partial charge is 0.461 e. The summed E-state index contributed by atoms with van der Waals surface area (Å²) in [5.74, 6) is 2.12. The Morgan fingerprint density at radius 3 is 2.84 bits per heavy atom. The third kappa shape index (κ3) is 4.61. The molecule has 12 nitrogen and oxygen atoms in total. The first-order valence-corrected chi connectivity index (χ1v) is 16.4. The number of nitrogens with two attached hydrogens (primary N) is 2. The molecule has 4 N–H and O–H groups in total. The van der Waals surface area contributed by atoms with Crippen LogP contribution in [0.3, 0.4) is 0 Å². The maximum Gasteiger partial charge on any atom is 0.323 e. The van der Waals surface area contributed by atoms with Crippen molar-refractivity contribution in [2.24, 2.45) is 0 Å². The number of nitrogens with zero attached hydrogens (tertiary/aromatic N) is 9. The van der Waals surface area contributed by atoms with E-state index in [0.29, 0.717) is 73.2 Å². The lowest BCUT2D eigenvalue weighted by Crippen LogP contribution is -2.57. The fourth-order valence-corrected chi connectivity index (χ4v) is 9.97. The normalized spacial score (nSPS) is 24.4. The molecule has 3 saturated heterocycles. The number of alkyl halides is 1. The van der Waals surface area contributed by atoms with Crippen molar-refractivity contribution in [2.75, 3.05) is 60.6 Å². The molecule has 3 atom stereocenters. The third-order valence-electron chi connectivity index (χ3n) is 9.27. The van der Waals surface area contributed by atoms with Gasteiger partial charge in [-0.05, 0) is 33.2 Å². The number of thiophene rings is 1. The van der Waals surface area contributed by atoms with Crippen LogP contribution in [0.15, 0.2) is 12.4 Å². The maximum atomic E-state index is 14.4. The van der Waals surface area contributed by atoms with Crippen molar-refractivity contribution in [1.29, 1.82) is 5.26 Å². The van der Waals surface area contributed by atoms with E-state index in [-0.39, 0.29) is 22.3 Å². The number of rotatable bonds is 8. The SMILES string of the molecule is CCN(c1nc(OC[C@@]23CCCN2C[C@H](F)C3)nc(N2CC3(C2)SCc2sc(N)c(C#N)c23)n1)C(C)c1nccnc1N. The number of halogens is 1. The zero-order valence-corrected chi connectivity index (χ0v) is 25.8. The second-order valence-corrected chi connectivity index (χ2v) is 14.3. The van der Waals surface area contributed by atoms with E-state index in [1.807, 2.05) is 30.5 Å². The Kier molecular flexibility index (Phi) is 6.98. The van der Waals surface area contributed by atoms with E-state index in [1.165, 1.54) is 16.2 Å². The number of nitrogen functional groups attached to an aromatic ring is 2. The molecule has 3 fully saturated rings. The topological polar surface area (TPSA) is 159 Å². The number of anilines is 4. The summed E-state index contributed by atoms with van der Waals surface area (Å²) in [5.41, 5.74) is 14.3. The second kappa shape index (κ2) is 10.6. The minimum Gasteiger partial charge on any atom is -0.461 e. The number of hydrogen-bond donors (Lipinski definition) is 2. The van der Waals surface area contributed by atoms with Gasteiger partial charge >= 0.3 is 6.01 Å². The number of ether oxygens (including phenoxy) is 1.